The summed E-state index contributed by atoms with van der Waals surface area (Å²) in [7, 11) is 0. The van der Waals surface area contributed by atoms with Crippen molar-refractivity contribution in [3.63, 3.8) is 0 Å². The Morgan fingerprint density at radius 1 is 1.32 bits per heavy atom. The number of benzene rings is 1. The van der Waals surface area contributed by atoms with Crippen molar-refractivity contribution < 1.29 is 18.0 Å². The van der Waals surface area contributed by atoms with Crippen molar-refractivity contribution >= 4 is 23.4 Å². The molecule has 1 aromatic rings. The van der Waals surface area contributed by atoms with Gasteiger partial charge in [0.1, 0.15) is 0 Å². The second-order valence-corrected chi connectivity index (χ2v) is 5.00. The minimum absolute atomic E-state index is 0.370. The van der Waals surface area contributed by atoms with Crippen molar-refractivity contribution in [2.75, 3.05) is 24.2 Å². The number of anilines is 1. The highest BCUT2D eigenvalue weighted by molar-refractivity contribution is 7.99. The molecule has 0 saturated carbocycles. The van der Waals surface area contributed by atoms with Gasteiger partial charge in [0.2, 0.25) is 5.91 Å². The van der Waals surface area contributed by atoms with Crippen LogP contribution in [0.5, 0.6) is 0 Å². The zero-order valence-corrected chi connectivity index (χ0v) is 11.2. The lowest BCUT2D eigenvalue weighted by Gasteiger charge is -2.11. The fraction of sp³-hybridized carbons (Fsp3) is 0.417. The molecular formula is C12H15F3N2OS. The van der Waals surface area contributed by atoms with Gasteiger partial charge in [0.15, 0.2) is 0 Å². The molecule has 0 aromatic heterocycles. The van der Waals surface area contributed by atoms with Crippen LogP contribution in [0.4, 0.5) is 18.9 Å². The van der Waals surface area contributed by atoms with Crippen molar-refractivity contribution in [3.05, 3.63) is 24.3 Å². The molecule has 7 heteroatoms. The highest BCUT2D eigenvalue weighted by Gasteiger charge is 2.26. The predicted molar refractivity (Wildman–Crippen MR) is 70.4 cm³/mol. The summed E-state index contributed by atoms with van der Waals surface area (Å²) in [5.41, 5.74) is 0.619. The van der Waals surface area contributed by atoms with Crippen molar-refractivity contribution in [2.45, 2.75) is 18.0 Å². The van der Waals surface area contributed by atoms with Gasteiger partial charge in [-0.05, 0) is 17.9 Å². The first-order valence-electron chi connectivity index (χ1n) is 5.71. The van der Waals surface area contributed by atoms with Crippen LogP contribution in [-0.2, 0) is 4.79 Å². The van der Waals surface area contributed by atoms with Crippen LogP contribution in [-0.4, -0.2) is 30.9 Å². The van der Waals surface area contributed by atoms with Crippen LogP contribution in [0.1, 0.15) is 6.92 Å². The third kappa shape index (κ3) is 6.49. The number of hydrogen-bond donors (Lipinski definition) is 2. The molecule has 106 valence electrons. The Morgan fingerprint density at radius 2 is 2.00 bits per heavy atom. The summed E-state index contributed by atoms with van der Waals surface area (Å²) in [4.78, 5) is 12.4. The Hall–Kier alpha value is -1.21. The van der Waals surface area contributed by atoms with Crippen molar-refractivity contribution in [3.8, 4) is 0 Å². The fourth-order valence-electron chi connectivity index (χ4n) is 1.36. The van der Waals surface area contributed by atoms with Crippen LogP contribution in [0.3, 0.4) is 0 Å². The summed E-state index contributed by atoms with van der Waals surface area (Å²) in [5, 5.41) is 4.64. The van der Waals surface area contributed by atoms with E-state index in [-0.39, 0.29) is 6.54 Å². The van der Waals surface area contributed by atoms with Crippen molar-refractivity contribution in [1.82, 2.24) is 5.32 Å². The summed E-state index contributed by atoms with van der Waals surface area (Å²) in [5.74, 6) is 0.354. The van der Waals surface area contributed by atoms with Crippen LogP contribution < -0.4 is 10.6 Å². The molecule has 0 unspecified atom stereocenters. The average Bonchev–Trinajstić information content (AvgIpc) is 2.30. The lowest BCUT2D eigenvalue weighted by atomic mass is 10.3. The Labute approximate surface area is 114 Å². The second-order valence-electron chi connectivity index (χ2n) is 3.70. The molecule has 0 heterocycles. The maximum absolute atomic E-state index is 11.9. The molecule has 0 fully saturated rings. The number of alkyl halides is 3. The maximum atomic E-state index is 11.9. The third-order valence-electron chi connectivity index (χ3n) is 2.07. The monoisotopic (exact) mass is 292 g/mol. The first-order valence-corrected chi connectivity index (χ1v) is 6.70. The van der Waals surface area contributed by atoms with E-state index in [1.807, 2.05) is 19.1 Å². The van der Waals surface area contributed by atoms with Crippen LogP contribution in [0.2, 0.25) is 0 Å². The van der Waals surface area contributed by atoms with Gasteiger partial charge < -0.3 is 10.6 Å². The number of thioether (sulfide) groups is 1. The molecule has 0 bridgehead atoms. The molecule has 0 radical (unpaired) electrons. The summed E-state index contributed by atoms with van der Waals surface area (Å²) in [6, 6.07) is 7.18. The Morgan fingerprint density at radius 3 is 2.63 bits per heavy atom. The highest BCUT2D eigenvalue weighted by atomic mass is 32.2. The van der Waals surface area contributed by atoms with Gasteiger partial charge in [0, 0.05) is 4.90 Å². The molecule has 1 rings (SSSR count). The molecular weight excluding hydrogens is 277 g/mol. The molecule has 0 aliphatic heterocycles. The first kappa shape index (κ1) is 15.8. The van der Waals surface area contributed by atoms with Gasteiger partial charge in [-0.3, -0.25) is 4.79 Å². The van der Waals surface area contributed by atoms with Gasteiger partial charge in [-0.1, -0.05) is 19.1 Å². The van der Waals surface area contributed by atoms with E-state index in [2.05, 4.69) is 10.6 Å². The van der Waals surface area contributed by atoms with Crippen molar-refractivity contribution in [1.29, 1.82) is 0 Å². The molecule has 3 nitrogen and oxygen atoms in total. The summed E-state index contributed by atoms with van der Waals surface area (Å²) < 4.78 is 35.7. The largest absolute Gasteiger partial charge is 0.401 e. The minimum atomic E-state index is -4.31. The lowest BCUT2D eigenvalue weighted by Crippen LogP contribution is -2.35. The van der Waals surface area contributed by atoms with Gasteiger partial charge in [0.25, 0.3) is 0 Å². The fourth-order valence-corrected chi connectivity index (χ4v) is 2.12. The zero-order chi connectivity index (χ0) is 14.3. The molecule has 1 aromatic carbocycles. The number of carbonyl (C=O) groups excluding carboxylic acids is 1. The van der Waals surface area contributed by atoms with Crippen LogP contribution in [0, 0.1) is 0 Å². The van der Waals surface area contributed by atoms with Gasteiger partial charge in [-0.2, -0.15) is 13.2 Å². The zero-order valence-electron chi connectivity index (χ0n) is 10.4. The van der Waals surface area contributed by atoms with E-state index in [1.54, 1.807) is 23.9 Å². The third-order valence-corrected chi connectivity index (χ3v) is 3.03. The number of rotatable bonds is 6. The van der Waals surface area contributed by atoms with E-state index in [9.17, 15) is 18.0 Å². The quantitative estimate of drug-likeness (QED) is 0.792. The van der Waals surface area contributed by atoms with Gasteiger partial charge in [-0.25, -0.2) is 0 Å². The number of nitrogens with one attached hydrogen (secondary N) is 2. The molecule has 0 saturated heterocycles. The Balaban J connectivity index is 2.48. The first-order chi connectivity index (χ1) is 8.92. The number of para-hydroxylation sites is 1. The topological polar surface area (TPSA) is 41.1 Å². The number of amides is 1. The molecule has 0 atom stereocenters. The van der Waals surface area contributed by atoms with E-state index in [0.717, 1.165) is 10.6 Å². The maximum Gasteiger partial charge on any atom is 0.401 e. The van der Waals surface area contributed by atoms with Gasteiger partial charge >= 0.3 is 6.18 Å². The van der Waals surface area contributed by atoms with Crippen LogP contribution >= 0.6 is 11.8 Å². The SMILES string of the molecule is CCSc1ccccc1NC(=O)CNCC(F)(F)F. The molecule has 2 N–H and O–H groups in total. The summed E-state index contributed by atoms with van der Waals surface area (Å²) in [6.45, 7) is 0.435. The second kappa shape index (κ2) is 7.40. The predicted octanol–water partition coefficient (Wildman–Crippen LogP) is 2.89. The summed E-state index contributed by atoms with van der Waals surface area (Å²) in [6.07, 6.45) is -4.31. The molecule has 19 heavy (non-hydrogen) atoms. The van der Waals surface area contributed by atoms with E-state index in [4.69, 9.17) is 0 Å². The average molecular weight is 292 g/mol. The number of halogens is 3. The molecule has 1 amide bonds. The van der Waals surface area contributed by atoms with E-state index in [0.29, 0.717) is 5.69 Å². The van der Waals surface area contributed by atoms with E-state index in [1.165, 1.54) is 0 Å². The number of carbonyl (C=O) groups is 1. The highest BCUT2D eigenvalue weighted by Crippen LogP contribution is 2.26. The molecule has 0 spiro atoms. The van der Waals surface area contributed by atoms with Crippen LogP contribution in [0.15, 0.2) is 29.2 Å². The van der Waals surface area contributed by atoms with E-state index >= 15 is 0 Å². The van der Waals surface area contributed by atoms with Gasteiger partial charge in [0.05, 0.1) is 18.8 Å². The van der Waals surface area contributed by atoms with Gasteiger partial charge in [-0.15, -0.1) is 11.8 Å². The lowest BCUT2D eigenvalue weighted by molar-refractivity contribution is -0.126. The molecule has 0 aliphatic carbocycles. The molecule has 0 aliphatic rings. The minimum Gasteiger partial charge on any atom is -0.324 e. The normalized spacial score (nSPS) is 11.4. The van der Waals surface area contributed by atoms with Crippen LogP contribution in [0.25, 0.3) is 0 Å². The van der Waals surface area contributed by atoms with E-state index < -0.39 is 18.6 Å². The number of hydrogen-bond acceptors (Lipinski definition) is 3. The Bertz CT molecular complexity index is 424. The summed E-state index contributed by atoms with van der Waals surface area (Å²) >= 11 is 1.56. The Kier molecular flexibility index (Phi) is 6.17. The standard InChI is InChI=1S/C12H15F3N2OS/c1-2-19-10-6-4-3-5-9(10)17-11(18)7-16-8-12(13,14)15/h3-6,16H,2,7-8H2,1H3,(H,17,18). The smallest absolute Gasteiger partial charge is 0.324 e. The van der Waals surface area contributed by atoms with Crippen molar-refractivity contribution in [2.24, 2.45) is 0 Å².